The summed E-state index contributed by atoms with van der Waals surface area (Å²) in [5.41, 5.74) is 0.983. The molecule has 1 N–H and O–H groups in total. The Morgan fingerprint density at radius 3 is 2.50 bits per heavy atom. The Bertz CT molecular complexity index is 734. The maximum atomic E-state index is 12.9. The number of esters is 1. The van der Waals surface area contributed by atoms with Gasteiger partial charge in [-0.15, -0.1) is 0 Å². The minimum Gasteiger partial charge on any atom is -0.497 e. The van der Waals surface area contributed by atoms with Gasteiger partial charge in [0.05, 0.1) is 24.2 Å². The molecule has 24 heavy (non-hydrogen) atoms. The summed E-state index contributed by atoms with van der Waals surface area (Å²) in [6.07, 6.45) is 0.0363. The van der Waals surface area contributed by atoms with Gasteiger partial charge in [0.25, 0.3) is 5.91 Å². The fourth-order valence-corrected chi connectivity index (χ4v) is 2.10. The highest BCUT2D eigenvalue weighted by Crippen LogP contribution is 2.22. The van der Waals surface area contributed by atoms with E-state index in [2.05, 4.69) is 5.32 Å². The molecule has 2 aromatic carbocycles. The van der Waals surface area contributed by atoms with E-state index in [4.69, 9.17) is 21.1 Å². The molecule has 7 heteroatoms. The number of carbonyl (C=O) groups excluding carboxylic acids is 2. The molecule has 0 bridgehead atoms. The molecule has 0 aliphatic carbocycles. The number of ether oxygens (including phenoxy) is 2. The van der Waals surface area contributed by atoms with Crippen LogP contribution in [0, 0.1) is 5.82 Å². The van der Waals surface area contributed by atoms with Gasteiger partial charge in [-0.05, 0) is 35.9 Å². The lowest BCUT2D eigenvalue weighted by Crippen LogP contribution is -2.21. The fourth-order valence-electron chi connectivity index (χ4n) is 1.88. The lowest BCUT2D eigenvalue weighted by atomic mass is 10.1. The Hall–Kier alpha value is -2.60. The molecule has 0 unspecified atom stereocenters. The highest BCUT2D eigenvalue weighted by molar-refractivity contribution is 6.33. The zero-order valence-corrected chi connectivity index (χ0v) is 13.6. The van der Waals surface area contributed by atoms with Gasteiger partial charge in [-0.2, -0.15) is 0 Å². The SMILES string of the molecule is COc1ccc(CC(=O)OCC(=O)Nc2ccc(F)cc2Cl)cc1. The monoisotopic (exact) mass is 351 g/mol. The molecule has 0 radical (unpaired) electrons. The summed E-state index contributed by atoms with van der Waals surface area (Å²) in [5, 5.41) is 2.50. The van der Waals surface area contributed by atoms with Crippen molar-refractivity contribution >= 4 is 29.2 Å². The van der Waals surface area contributed by atoms with Crippen LogP contribution in [0.15, 0.2) is 42.5 Å². The number of nitrogens with one attached hydrogen (secondary N) is 1. The molecule has 0 aliphatic rings. The van der Waals surface area contributed by atoms with Crippen LogP contribution in [0.1, 0.15) is 5.56 Å². The lowest BCUT2D eigenvalue weighted by Gasteiger charge is -2.08. The third-order valence-electron chi connectivity index (χ3n) is 3.08. The highest BCUT2D eigenvalue weighted by atomic mass is 35.5. The third kappa shape index (κ3) is 5.24. The van der Waals surface area contributed by atoms with Crippen molar-refractivity contribution in [3.63, 3.8) is 0 Å². The zero-order valence-electron chi connectivity index (χ0n) is 12.8. The minimum atomic E-state index is -0.563. The van der Waals surface area contributed by atoms with Crippen LogP contribution in [0.25, 0.3) is 0 Å². The largest absolute Gasteiger partial charge is 0.497 e. The first-order chi connectivity index (χ1) is 11.5. The molecular weight excluding hydrogens is 337 g/mol. The van der Waals surface area contributed by atoms with E-state index in [0.717, 1.165) is 17.7 Å². The van der Waals surface area contributed by atoms with Crippen LogP contribution < -0.4 is 10.1 Å². The molecule has 126 valence electrons. The number of benzene rings is 2. The number of amides is 1. The summed E-state index contributed by atoms with van der Waals surface area (Å²) in [4.78, 5) is 23.5. The van der Waals surface area contributed by atoms with Crippen molar-refractivity contribution in [1.82, 2.24) is 0 Å². The molecule has 0 saturated heterocycles. The van der Waals surface area contributed by atoms with Crippen molar-refractivity contribution in [3.05, 3.63) is 58.9 Å². The van der Waals surface area contributed by atoms with E-state index in [1.165, 1.54) is 6.07 Å². The van der Waals surface area contributed by atoms with E-state index >= 15 is 0 Å². The first-order valence-corrected chi connectivity index (χ1v) is 7.39. The summed E-state index contributed by atoms with van der Waals surface area (Å²) in [6.45, 7) is -0.456. The molecule has 0 saturated carbocycles. The molecule has 2 aromatic rings. The molecule has 0 aromatic heterocycles. The maximum Gasteiger partial charge on any atom is 0.310 e. The topological polar surface area (TPSA) is 64.6 Å². The van der Waals surface area contributed by atoms with Crippen LogP contribution in [-0.4, -0.2) is 25.6 Å². The number of methoxy groups -OCH3 is 1. The van der Waals surface area contributed by atoms with Crippen LogP contribution in [0.5, 0.6) is 5.75 Å². The van der Waals surface area contributed by atoms with E-state index in [9.17, 15) is 14.0 Å². The summed E-state index contributed by atoms with van der Waals surface area (Å²) >= 11 is 5.80. The predicted molar refractivity (Wildman–Crippen MR) is 87.7 cm³/mol. The molecule has 1 amide bonds. The smallest absolute Gasteiger partial charge is 0.310 e. The minimum absolute atomic E-state index is 0.0363. The molecule has 2 rings (SSSR count). The number of hydrogen-bond acceptors (Lipinski definition) is 4. The van der Waals surface area contributed by atoms with E-state index < -0.39 is 24.3 Å². The second-order valence-corrected chi connectivity index (χ2v) is 5.27. The number of halogens is 2. The van der Waals surface area contributed by atoms with Gasteiger partial charge >= 0.3 is 5.97 Å². The molecule has 0 heterocycles. The van der Waals surface area contributed by atoms with Gasteiger partial charge in [-0.3, -0.25) is 9.59 Å². The first kappa shape index (κ1) is 17.7. The lowest BCUT2D eigenvalue weighted by molar-refractivity contribution is -0.146. The predicted octanol–water partition coefficient (Wildman–Crippen LogP) is 3.21. The van der Waals surface area contributed by atoms with Crippen LogP contribution in [0.4, 0.5) is 10.1 Å². The molecule has 0 fully saturated rings. The third-order valence-corrected chi connectivity index (χ3v) is 3.39. The zero-order chi connectivity index (χ0) is 17.5. The van der Waals surface area contributed by atoms with Crippen LogP contribution >= 0.6 is 11.6 Å². The average molecular weight is 352 g/mol. The van der Waals surface area contributed by atoms with E-state index in [-0.39, 0.29) is 17.1 Å². The molecular formula is C17H15ClFNO4. The second kappa shape index (κ2) is 8.31. The van der Waals surface area contributed by atoms with Gasteiger partial charge in [-0.1, -0.05) is 23.7 Å². The highest BCUT2D eigenvalue weighted by Gasteiger charge is 2.11. The standard InChI is InChI=1S/C17H15ClFNO4/c1-23-13-5-2-11(3-6-13)8-17(22)24-10-16(21)20-15-7-4-12(19)9-14(15)18/h2-7,9H,8,10H2,1H3,(H,20,21). The summed E-state index contributed by atoms with van der Waals surface area (Å²) in [7, 11) is 1.55. The Balaban J connectivity index is 1.81. The van der Waals surface area contributed by atoms with Crippen molar-refractivity contribution in [2.75, 3.05) is 19.0 Å². The number of hydrogen-bond donors (Lipinski definition) is 1. The first-order valence-electron chi connectivity index (χ1n) is 7.01. The Labute approximate surface area is 143 Å². The molecule has 0 aliphatic heterocycles. The van der Waals surface area contributed by atoms with Gasteiger partial charge in [0.1, 0.15) is 11.6 Å². The van der Waals surface area contributed by atoms with Gasteiger partial charge in [-0.25, -0.2) is 4.39 Å². The van der Waals surface area contributed by atoms with Gasteiger partial charge in [0.2, 0.25) is 0 Å². The second-order valence-electron chi connectivity index (χ2n) is 4.86. The van der Waals surface area contributed by atoms with Crippen molar-refractivity contribution in [1.29, 1.82) is 0 Å². The summed E-state index contributed by atoms with van der Waals surface area (Å²) in [5.74, 6) is -0.932. The molecule has 5 nitrogen and oxygen atoms in total. The number of carbonyl (C=O) groups is 2. The van der Waals surface area contributed by atoms with Crippen molar-refractivity contribution in [2.24, 2.45) is 0 Å². The van der Waals surface area contributed by atoms with Gasteiger partial charge in [0, 0.05) is 0 Å². The summed E-state index contributed by atoms with van der Waals surface area (Å²) < 4.78 is 22.8. The van der Waals surface area contributed by atoms with E-state index in [1.807, 2.05) is 0 Å². The van der Waals surface area contributed by atoms with Crippen molar-refractivity contribution in [2.45, 2.75) is 6.42 Å². The van der Waals surface area contributed by atoms with Crippen LogP contribution in [-0.2, 0) is 20.7 Å². The normalized spacial score (nSPS) is 10.1. The van der Waals surface area contributed by atoms with Gasteiger partial charge in [0.15, 0.2) is 6.61 Å². The van der Waals surface area contributed by atoms with Crippen LogP contribution in [0.2, 0.25) is 5.02 Å². The fraction of sp³-hybridized carbons (Fsp3) is 0.176. The Morgan fingerprint density at radius 2 is 1.88 bits per heavy atom. The Kier molecular flexibility index (Phi) is 6.14. The quantitative estimate of drug-likeness (QED) is 0.812. The number of anilines is 1. The van der Waals surface area contributed by atoms with Gasteiger partial charge < -0.3 is 14.8 Å². The molecule has 0 spiro atoms. The average Bonchev–Trinajstić information content (AvgIpc) is 2.56. The van der Waals surface area contributed by atoms with Crippen molar-refractivity contribution in [3.8, 4) is 5.75 Å². The van der Waals surface area contributed by atoms with E-state index in [0.29, 0.717) is 5.75 Å². The van der Waals surface area contributed by atoms with E-state index in [1.54, 1.807) is 31.4 Å². The molecule has 0 atom stereocenters. The maximum absolute atomic E-state index is 12.9. The number of rotatable bonds is 6. The van der Waals surface area contributed by atoms with Crippen molar-refractivity contribution < 1.29 is 23.5 Å². The van der Waals surface area contributed by atoms with Crippen LogP contribution in [0.3, 0.4) is 0 Å². The Morgan fingerprint density at radius 1 is 1.17 bits per heavy atom. The summed E-state index contributed by atoms with van der Waals surface area (Å²) in [6, 6.07) is 10.5.